The minimum atomic E-state index is -0.234. The molecule has 0 aliphatic carbocycles. The first-order chi connectivity index (χ1) is 8.59. The van der Waals surface area contributed by atoms with Gasteiger partial charge in [0, 0.05) is 19.3 Å². The number of hydrogen-bond acceptors (Lipinski definition) is 5. The molecule has 2 atom stereocenters. The van der Waals surface area contributed by atoms with Gasteiger partial charge in [0.05, 0.1) is 10.9 Å². The van der Waals surface area contributed by atoms with E-state index in [1.807, 2.05) is 25.1 Å². The highest BCUT2D eigenvalue weighted by Crippen LogP contribution is 2.34. The van der Waals surface area contributed by atoms with Crippen LogP contribution in [-0.4, -0.2) is 25.8 Å². The Morgan fingerprint density at radius 1 is 1.50 bits per heavy atom. The maximum atomic E-state index is 11.3. The Morgan fingerprint density at radius 2 is 2.28 bits per heavy atom. The monoisotopic (exact) mass is 265 g/mol. The standard InChI is InChI=1S/C11H15N5OS/c1-7(12)9(8-5-3-4-6-13-8)18-11-15-14-10(17)16(11)2/h3-7,9H,12H2,1-2H3,(H,14,17). The summed E-state index contributed by atoms with van der Waals surface area (Å²) in [6, 6.07) is 5.60. The summed E-state index contributed by atoms with van der Waals surface area (Å²) < 4.78 is 1.46. The molecule has 0 saturated heterocycles. The lowest BCUT2D eigenvalue weighted by molar-refractivity contribution is 0.693. The van der Waals surface area contributed by atoms with E-state index in [9.17, 15) is 4.79 Å². The molecule has 0 bridgehead atoms. The third kappa shape index (κ3) is 2.62. The minimum absolute atomic E-state index is 0.0416. The smallest absolute Gasteiger partial charge is 0.327 e. The third-order valence-electron chi connectivity index (χ3n) is 2.53. The summed E-state index contributed by atoms with van der Waals surface area (Å²) in [4.78, 5) is 15.6. The molecule has 7 heteroatoms. The van der Waals surface area contributed by atoms with Crippen LogP contribution >= 0.6 is 11.8 Å². The van der Waals surface area contributed by atoms with Crippen LogP contribution in [0.25, 0.3) is 0 Å². The van der Waals surface area contributed by atoms with Crippen LogP contribution in [0.3, 0.4) is 0 Å². The first-order valence-electron chi connectivity index (χ1n) is 5.54. The van der Waals surface area contributed by atoms with Crippen LogP contribution in [0.5, 0.6) is 0 Å². The summed E-state index contributed by atoms with van der Waals surface area (Å²) in [6.45, 7) is 1.91. The molecular weight excluding hydrogens is 250 g/mol. The Kier molecular flexibility index (Phi) is 3.83. The van der Waals surface area contributed by atoms with E-state index in [2.05, 4.69) is 15.2 Å². The lowest BCUT2D eigenvalue weighted by Gasteiger charge is -2.18. The van der Waals surface area contributed by atoms with E-state index < -0.39 is 0 Å². The second-order valence-corrected chi connectivity index (χ2v) is 5.13. The van der Waals surface area contributed by atoms with Gasteiger partial charge in [-0.05, 0) is 19.1 Å². The predicted octanol–water partition coefficient (Wildman–Crippen LogP) is 0.684. The van der Waals surface area contributed by atoms with Crippen molar-refractivity contribution in [3.63, 3.8) is 0 Å². The van der Waals surface area contributed by atoms with Gasteiger partial charge >= 0.3 is 5.69 Å². The van der Waals surface area contributed by atoms with Gasteiger partial charge < -0.3 is 5.73 Å². The number of H-pyrrole nitrogens is 1. The van der Waals surface area contributed by atoms with Crippen LogP contribution < -0.4 is 11.4 Å². The van der Waals surface area contributed by atoms with E-state index in [1.54, 1.807) is 13.2 Å². The number of hydrogen-bond donors (Lipinski definition) is 2. The number of nitrogens with zero attached hydrogens (tertiary/aromatic N) is 3. The Balaban J connectivity index is 2.28. The van der Waals surface area contributed by atoms with Crippen LogP contribution in [0.2, 0.25) is 0 Å². The van der Waals surface area contributed by atoms with Gasteiger partial charge in [-0.1, -0.05) is 17.8 Å². The molecule has 2 heterocycles. The normalized spacial score (nSPS) is 14.4. The molecule has 2 unspecified atom stereocenters. The number of aromatic amines is 1. The summed E-state index contributed by atoms with van der Waals surface area (Å²) in [7, 11) is 1.67. The third-order valence-corrected chi connectivity index (χ3v) is 4.03. The van der Waals surface area contributed by atoms with E-state index in [0.29, 0.717) is 5.16 Å². The molecule has 18 heavy (non-hydrogen) atoms. The first-order valence-corrected chi connectivity index (χ1v) is 6.42. The van der Waals surface area contributed by atoms with Crippen molar-refractivity contribution in [2.45, 2.75) is 23.4 Å². The average Bonchev–Trinajstić information content (AvgIpc) is 2.68. The summed E-state index contributed by atoms with van der Waals surface area (Å²) in [5, 5.41) is 6.94. The highest BCUT2D eigenvalue weighted by Gasteiger charge is 2.21. The van der Waals surface area contributed by atoms with E-state index in [4.69, 9.17) is 5.73 Å². The molecule has 2 rings (SSSR count). The molecule has 2 aromatic heterocycles. The zero-order chi connectivity index (χ0) is 13.1. The molecule has 0 radical (unpaired) electrons. The molecule has 2 aromatic rings. The first kappa shape index (κ1) is 12.8. The molecule has 0 amide bonds. The average molecular weight is 265 g/mol. The van der Waals surface area contributed by atoms with Gasteiger partial charge in [-0.15, -0.1) is 5.10 Å². The van der Waals surface area contributed by atoms with E-state index in [0.717, 1.165) is 5.69 Å². The molecular formula is C11H15N5OS. The minimum Gasteiger partial charge on any atom is -0.327 e. The van der Waals surface area contributed by atoms with Gasteiger partial charge in [0.25, 0.3) is 0 Å². The van der Waals surface area contributed by atoms with Crippen LogP contribution in [0.4, 0.5) is 0 Å². The highest BCUT2D eigenvalue weighted by molar-refractivity contribution is 7.99. The summed E-state index contributed by atoms with van der Waals surface area (Å²) >= 11 is 1.43. The van der Waals surface area contributed by atoms with Gasteiger partial charge in [0.1, 0.15) is 0 Å². The molecule has 0 fully saturated rings. The van der Waals surface area contributed by atoms with Crippen molar-refractivity contribution in [3.05, 3.63) is 40.6 Å². The maximum Gasteiger partial charge on any atom is 0.343 e. The molecule has 0 aliphatic heterocycles. The molecule has 0 aliphatic rings. The number of nitrogens with two attached hydrogens (primary N) is 1. The van der Waals surface area contributed by atoms with Crippen LogP contribution in [-0.2, 0) is 7.05 Å². The van der Waals surface area contributed by atoms with E-state index in [1.165, 1.54) is 16.3 Å². The number of nitrogens with one attached hydrogen (secondary N) is 1. The van der Waals surface area contributed by atoms with Crippen molar-refractivity contribution >= 4 is 11.8 Å². The zero-order valence-corrected chi connectivity index (χ0v) is 11.0. The molecule has 0 saturated carbocycles. The molecule has 0 spiro atoms. The summed E-state index contributed by atoms with van der Waals surface area (Å²) in [5.41, 5.74) is 6.64. The topological polar surface area (TPSA) is 89.6 Å². The predicted molar refractivity (Wildman–Crippen MR) is 70.3 cm³/mol. The van der Waals surface area contributed by atoms with Gasteiger partial charge in [-0.3, -0.25) is 9.55 Å². The summed E-state index contributed by atoms with van der Waals surface area (Å²) in [6.07, 6.45) is 1.73. The highest BCUT2D eigenvalue weighted by atomic mass is 32.2. The van der Waals surface area contributed by atoms with Gasteiger partial charge in [-0.2, -0.15) is 0 Å². The molecule has 96 valence electrons. The van der Waals surface area contributed by atoms with Crippen molar-refractivity contribution in [2.24, 2.45) is 12.8 Å². The van der Waals surface area contributed by atoms with Gasteiger partial charge in [0.2, 0.25) is 0 Å². The lowest BCUT2D eigenvalue weighted by Crippen LogP contribution is -2.24. The Bertz CT molecular complexity index is 562. The van der Waals surface area contributed by atoms with Crippen LogP contribution in [0.1, 0.15) is 17.9 Å². The number of thioether (sulfide) groups is 1. The molecule has 0 aromatic carbocycles. The van der Waals surface area contributed by atoms with Gasteiger partial charge in [-0.25, -0.2) is 9.89 Å². The van der Waals surface area contributed by atoms with Gasteiger partial charge in [0.15, 0.2) is 5.16 Å². The molecule has 3 N–H and O–H groups in total. The fourth-order valence-electron chi connectivity index (χ4n) is 1.53. The molecule has 6 nitrogen and oxygen atoms in total. The SMILES string of the molecule is CC(N)C(Sc1n[nH]c(=O)n1C)c1ccccn1. The van der Waals surface area contributed by atoms with Crippen molar-refractivity contribution in [1.82, 2.24) is 19.7 Å². The number of pyridine rings is 1. The van der Waals surface area contributed by atoms with Crippen molar-refractivity contribution in [3.8, 4) is 0 Å². The Labute approximate surface area is 109 Å². The van der Waals surface area contributed by atoms with Crippen molar-refractivity contribution in [2.75, 3.05) is 0 Å². The number of aromatic nitrogens is 4. The fraction of sp³-hybridized carbons (Fsp3) is 0.364. The zero-order valence-electron chi connectivity index (χ0n) is 10.2. The van der Waals surface area contributed by atoms with Crippen LogP contribution in [0.15, 0.2) is 34.3 Å². The Morgan fingerprint density at radius 3 is 2.78 bits per heavy atom. The fourth-order valence-corrected chi connectivity index (χ4v) is 2.57. The Hall–Kier alpha value is -1.60. The second kappa shape index (κ2) is 5.36. The van der Waals surface area contributed by atoms with Crippen molar-refractivity contribution < 1.29 is 0 Å². The number of rotatable bonds is 4. The second-order valence-electron chi connectivity index (χ2n) is 4.02. The van der Waals surface area contributed by atoms with Crippen molar-refractivity contribution in [1.29, 1.82) is 0 Å². The van der Waals surface area contributed by atoms with Crippen LogP contribution in [0, 0.1) is 0 Å². The summed E-state index contributed by atoms with van der Waals surface area (Å²) in [5.74, 6) is 0. The quantitative estimate of drug-likeness (QED) is 0.794. The largest absolute Gasteiger partial charge is 0.343 e. The van der Waals surface area contributed by atoms with E-state index in [-0.39, 0.29) is 17.0 Å². The maximum absolute atomic E-state index is 11.3. The lowest BCUT2D eigenvalue weighted by atomic mass is 10.2. The van der Waals surface area contributed by atoms with E-state index >= 15 is 0 Å².